The largest absolute Gasteiger partial charge is 0.382 e. The molecule has 4 aromatic rings. The van der Waals surface area contributed by atoms with Gasteiger partial charge in [0, 0.05) is 54.6 Å². The van der Waals surface area contributed by atoms with Crippen LogP contribution in [0.4, 0.5) is 11.6 Å². The maximum atomic E-state index is 13.1. The van der Waals surface area contributed by atoms with Crippen molar-refractivity contribution in [2.24, 2.45) is 0 Å². The number of imidazole rings is 1. The number of fused-ring (bicyclic) bond motifs is 2. The quantitative estimate of drug-likeness (QED) is 0.394. The van der Waals surface area contributed by atoms with Gasteiger partial charge in [-0.1, -0.05) is 6.07 Å². The van der Waals surface area contributed by atoms with Gasteiger partial charge in [0.2, 0.25) is 5.91 Å². The van der Waals surface area contributed by atoms with E-state index in [4.69, 9.17) is 10.7 Å². The molecule has 0 bridgehead atoms. The minimum Gasteiger partial charge on any atom is -0.382 e. The Labute approximate surface area is 226 Å². The van der Waals surface area contributed by atoms with Crippen molar-refractivity contribution in [3.05, 3.63) is 71.4 Å². The van der Waals surface area contributed by atoms with E-state index in [9.17, 15) is 9.59 Å². The van der Waals surface area contributed by atoms with Gasteiger partial charge >= 0.3 is 0 Å². The van der Waals surface area contributed by atoms with Crippen LogP contribution in [0.2, 0.25) is 0 Å². The number of pyridine rings is 1. The molecule has 9 nitrogen and oxygen atoms in total. The highest BCUT2D eigenvalue weighted by atomic mass is 16.2. The van der Waals surface area contributed by atoms with E-state index in [-0.39, 0.29) is 17.7 Å². The highest BCUT2D eigenvalue weighted by molar-refractivity contribution is 6.05. The zero-order valence-electron chi connectivity index (χ0n) is 21.9. The van der Waals surface area contributed by atoms with E-state index in [1.807, 2.05) is 52.8 Å². The fourth-order valence-corrected chi connectivity index (χ4v) is 6.29. The van der Waals surface area contributed by atoms with Gasteiger partial charge in [0.25, 0.3) is 5.91 Å². The first-order chi connectivity index (χ1) is 19.0. The molecule has 2 atom stereocenters. The molecular weight excluding hydrogens is 490 g/mol. The van der Waals surface area contributed by atoms with Crippen molar-refractivity contribution in [1.29, 1.82) is 0 Å². The van der Waals surface area contributed by atoms with Crippen LogP contribution in [0, 0.1) is 6.92 Å². The second kappa shape index (κ2) is 9.18. The molecule has 0 radical (unpaired) electrons. The Bertz CT molecular complexity index is 1620. The molecule has 2 saturated heterocycles. The third-order valence-electron chi connectivity index (χ3n) is 8.51. The Hall–Kier alpha value is -4.27. The van der Waals surface area contributed by atoms with Crippen molar-refractivity contribution in [3.63, 3.8) is 0 Å². The Morgan fingerprint density at radius 3 is 2.69 bits per heavy atom. The van der Waals surface area contributed by atoms with Crippen molar-refractivity contribution in [2.75, 3.05) is 17.6 Å². The summed E-state index contributed by atoms with van der Waals surface area (Å²) in [5.41, 5.74) is 11.4. The highest BCUT2D eigenvalue weighted by Gasteiger charge is 2.38. The molecule has 7 rings (SSSR count). The first-order valence-corrected chi connectivity index (χ1v) is 13.8. The van der Waals surface area contributed by atoms with Crippen molar-refractivity contribution >= 4 is 29.0 Å². The van der Waals surface area contributed by atoms with Gasteiger partial charge in [-0.05, 0) is 80.3 Å². The van der Waals surface area contributed by atoms with E-state index in [2.05, 4.69) is 15.3 Å². The monoisotopic (exact) mass is 521 g/mol. The minimum absolute atomic E-state index is 0.122. The predicted octanol–water partition coefficient (Wildman–Crippen LogP) is 4.68. The third-order valence-corrected chi connectivity index (χ3v) is 8.51. The van der Waals surface area contributed by atoms with E-state index in [0.29, 0.717) is 42.1 Å². The van der Waals surface area contributed by atoms with Gasteiger partial charge in [-0.15, -0.1) is 0 Å². The van der Waals surface area contributed by atoms with Gasteiger partial charge < -0.3 is 16.0 Å². The van der Waals surface area contributed by atoms with E-state index in [0.717, 1.165) is 47.4 Å². The number of nitrogens with two attached hydrogens (primary N) is 1. The van der Waals surface area contributed by atoms with Gasteiger partial charge in [0.05, 0.1) is 0 Å². The molecule has 2 amide bonds. The molecule has 1 aliphatic carbocycles. The SMILES string of the molecule is Cc1cc(-c2nc(C3CCC4CCC(=O)N4C3)n3ccnc(N)c23)ccc1C(=O)Nc1cc(C2CC2)ccn1. The van der Waals surface area contributed by atoms with Crippen molar-refractivity contribution < 1.29 is 9.59 Å². The van der Waals surface area contributed by atoms with E-state index in [1.54, 1.807) is 12.4 Å². The summed E-state index contributed by atoms with van der Waals surface area (Å²) in [5.74, 6) is 2.63. The second-order valence-electron chi connectivity index (χ2n) is 11.1. The fraction of sp³-hybridized carbons (Fsp3) is 0.367. The Morgan fingerprint density at radius 1 is 1.03 bits per heavy atom. The summed E-state index contributed by atoms with van der Waals surface area (Å²) in [6.07, 6.45) is 11.3. The van der Waals surface area contributed by atoms with E-state index >= 15 is 0 Å². The number of nitrogens with one attached hydrogen (secondary N) is 1. The number of amides is 2. The molecule has 198 valence electrons. The number of hydrogen-bond donors (Lipinski definition) is 2. The zero-order valence-corrected chi connectivity index (χ0v) is 21.9. The topological polar surface area (TPSA) is 119 Å². The molecule has 9 heteroatoms. The summed E-state index contributed by atoms with van der Waals surface area (Å²) in [4.78, 5) is 41.4. The standard InChI is InChI=1S/C30H31N7O2/c1-17-14-20(5-8-23(17)30(39)34-24-15-19(10-11-32-24)18-2-3-18)26-27-28(31)33-12-13-36(27)29(35-26)21-4-6-22-7-9-25(38)37(22)16-21/h5,8,10-15,18,21-22H,2-4,6-7,9,16H2,1H3,(H2,31,33)(H,32,34,39). The predicted molar refractivity (Wildman–Crippen MR) is 148 cm³/mol. The Morgan fingerprint density at radius 2 is 1.87 bits per heavy atom. The third kappa shape index (κ3) is 4.22. The fourth-order valence-electron chi connectivity index (χ4n) is 6.29. The summed E-state index contributed by atoms with van der Waals surface area (Å²) in [6.45, 7) is 2.60. The Balaban J connectivity index is 1.20. The lowest BCUT2D eigenvalue weighted by Crippen LogP contribution is -2.41. The zero-order chi connectivity index (χ0) is 26.7. The molecule has 2 aliphatic heterocycles. The van der Waals surface area contributed by atoms with E-state index in [1.165, 1.54) is 18.4 Å². The molecular formula is C30H31N7O2. The normalized spacial score (nSPS) is 20.8. The molecule has 3 aliphatic rings. The van der Waals surface area contributed by atoms with Crippen LogP contribution in [0.3, 0.4) is 0 Å². The second-order valence-corrected chi connectivity index (χ2v) is 11.1. The van der Waals surface area contributed by atoms with Crippen LogP contribution in [0.1, 0.15) is 77.7 Å². The summed E-state index contributed by atoms with van der Waals surface area (Å²) in [5, 5.41) is 2.96. The minimum atomic E-state index is -0.192. The van der Waals surface area contributed by atoms with Gasteiger partial charge in [-0.2, -0.15) is 0 Å². The number of hydrogen-bond acceptors (Lipinski definition) is 6. The van der Waals surface area contributed by atoms with Gasteiger partial charge in [0.1, 0.15) is 28.7 Å². The molecule has 3 fully saturated rings. The summed E-state index contributed by atoms with van der Waals surface area (Å²) in [7, 11) is 0. The number of rotatable bonds is 5. The van der Waals surface area contributed by atoms with Crippen LogP contribution in [-0.4, -0.2) is 48.7 Å². The smallest absolute Gasteiger partial charge is 0.257 e. The number of carbonyl (C=O) groups is 2. The number of nitrogens with zero attached hydrogens (tertiary/aromatic N) is 5. The summed E-state index contributed by atoms with van der Waals surface area (Å²) < 4.78 is 2.03. The van der Waals surface area contributed by atoms with Crippen LogP contribution in [0.25, 0.3) is 16.8 Å². The summed E-state index contributed by atoms with van der Waals surface area (Å²) >= 11 is 0. The Kier molecular flexibility index (Phi) is 5.61. The van der Waals surface area contributed by atoms with Crippen molar-refractivity contribution in [3.8, 4) is 11.3 Å². The highest BCUT2D eigenvalue weighted by Crippen LogP contribution is 2.41. The molecule has 3 N–H and O–H groups in total. The number of anilines is 2. The van der Waals surface area contributed by atoms with Crippen LogP contribution in [0.15, 0.2) is 48.9 Å². The number of carbonyl (C=O) groups excluding carboxylic acids is 2. The number of benzene rings is 1. The molecule has 2 unspecified atom stereocenters. The maximum absolute atomic E-state index is 13.1. The number of aryl methyl sites for hydroxylation is 1. The number of piperidine rings is 1. The molecule has 39 heavy (non-hydrogen) atoms. The molecule has 1 aromatic carbocycles. The average molecular weight is 522 g/mol. The first-order valence-electron chi connectivity index (χ1n) is 13.8. The lowest BCUT2D eigenvalue weighted by molar-refractivity contribution is -0.130. The van der Waals surface area contributed by atoms with Crippen molar-refractivity contribution in [2.45, 2.75) is 63.3 Å². The lowest BCUT2D eigenvalue weighted by atomic mass is 9.92. The summed E-state index contributed by atoms with van der Waals surface area (Å²) in [6, 6.07) is 10.1. The van der Waals surface area contributed by atoms with Gasteiger partial charge in [-0.3, -0.25) is 14.0 Å². The number of aromatic nitrogens is 4. The van der Waals surface area contributed by atoms with Crippen LogP contribution in [0.5, 0.6) is 0 Å². The van der Waals surface area contributed by atoms with E-state index < -0.39 is 0 Å². The molecule has 1 saturated carbocycles. The number of nitrogen functional groups attached to an aromatic ring is 1. The van der Waals surface area contributed by atoms with Crippen LogP contribution >= 0.6 is 0 Å². The van der Waals surface area contributed by atoms with Crippen LogP contribution < -0.4 is 11.1 Å². The molecule has 5 heterocycles. The maximum Gasteiger partial charge on any atom is 0.257 e. The molecule has 3 aromatic heterocycles. The average Bonchev–Trinajstić information content (AvgIpc) is 3.62. The molecule has 0 spiro atoms. The first kappa shape index (κ1) is 23.8. The van der Waals surface area contributed by atoms with Crippen LogP contribution in [-0.2, 0) is 4.79 Å². The van der Waals surface area contributed by atoms with Gasteiger partial charge in [-0.25, -0.2) is 15.0 Å². The van der Waals surface area contributed by atoms with Crippen molar-refractivity contribution in [1.82, 2.24) is 24.3 Å². The lowest BCUT2D eigenvalue weighted by Gasteiger charge is -2.34. The van der Waals surface area contributed by atoms with Gasteiger partial charge in [0.15, 0.2) is 0 Å².